The first-order chi connectivity index (χ1) is 20.0. The molecule has 0 radical (unpaired) electrons. The summed E-state index contributed by atoms with van der Waals surface area (Å²) < 4.78 is 1.29. The predicted octanol–water partition coefficient (Wildman–Crippen LogP) is 9.09. The molecule has 0 saturated carbocycles. The fourth-order valence-electron chi connectivity index (χ4n) is 5.79. The summed E-state index contributed by atoms with van der Waals surface area (Å²) >= 11 is 1.77. The minimum atomic E-state index is 0.766. The molecular formula is C38H34N2S. The molecule has 6 aromatic rings. The van der Waals surface area contributed by atoms with Gasteiger partial charge >= 0.3 is 0 Å². The van der Waals surface area contributed by atoms with E-state index in [0.717, 1.165) is 51.3 Å². The van der Waals surface area contributed by atoms with Gasteiger partial charge < -0.3 is 0 Å². The number of pyridine rings is 1. The zero-order chi connectivity index (χ0) is 28.5. The van der Waals surface area contributed by atoms with Gasteiger partial charge in [-0.15, -0.1) is 11.3 Å². The summed E-state index contributed by atoms with van der Waals surface area (Å²) in [4.78, 5) is 10.6. The Morgan fingerprint density at radius 3 is 2.46 bits per heavy atom. The van der Waals surface area contributed by atoms with Gasteiger partial charge in [0.05, 0.1) is 5.69 Å². The molecule has 0 aliphatic carbocycles. The molecule has 0 unspecified atom stereocenters. The van der Waals surface area contributed by atoms with Gasteiger partial charge in [-0.05, 0) is 102 Å². The van der Waals surface area contributed by atoms with Crippen molar-refractivity contribution in [1.29, 1.82) is 0 Å². The van der Waals surface area contributed by atoms with Crippen LogP contribution in [0.5, 0.6) is 0 Å². The van der Waals surface area contributed by atoms with Crippen LogP contribution in [0.3, 0.4) is 0 Å². The molecule has 0 fully saturated rings. The van der Waals surface area contributed by atoms with E-state index < -0.39 is 0 Å². The summed E-state index contributed by atoms with van der Waals surface area (Å²) in [5, 5.41) is 8.12. The van der Waals surface area contributed by atoms with Gasteiger partial charge in [0.25, 0.3) is 0 Å². The number of benzene rings is 4. The van der Waals surface area contributed by atoms with Crippen LogP contribution in [0.15, 0.2) is 101 Å². The van der Waals surface area contributed by atoms with Crippen LogP contribution in [-0.2, 0) is 6.42 Å². The number of hydrogen-bond donors (Lipinski definition) is 0. The van der Waals surface area contributed by atoms with Crippen molar-refractivity contribution in [2.75, 3.05) is 0 Å². The molecule has 0 N–H and O–H groups in total. The lowest BCUT2D eigenvalue weighted by Gasteiger charge is -2.15. The van der Waals surface area contributed by atoms with E-state index >= 15 is 0 Å². The van der Waals surface area contributed by atoms with Crippen molar-refractivity contribution in [1.82, 2.24) is 4.98 Å². The average molecular weight is 551 g/mol. The first-order valence-corrected chi connectivity index (χ1v) is 15.1. The van der Waals surface area contributed by atoms with Crippen molar-refractivity contribution < 1.29 is 0 Å². The lowest BCUT2D eigenvalue weighted by molar-refractivity contribution is 1.11. The maximum atomic E-state index is 5.31. The minimum Gasteiger partial charge on any atom is -0.233 e. The zero-order valence-corrected chi connectivity index (χ0v) is 25.1. The van der Waals surface area contributed by atoms with Crippen LogP contribution in [0.2, 0.25) is 0 Å². The number of hydrogen-bond acceptors (Lipinski definition) is 3. The number of aromatic nitrogens is 1. The van der Waals surface area contributed by atoms with Crippen molar-refractivity contribution in [3.63, 3.8) is 0 Å². The predicted molar refractivity (Wildman–Crippen MR) is 179 cm³/mol. The van der Waals surface area contributed by atoms with Crippen molar-refractivity contribution in [2.45, 2.75) is 41.0 Å². The second-order valence-corrected chi connectivity index (χ2v) is 11.5. The van der Waals surface area contributed by atoms with Crippen LogP contribution in [0.4, 0.5) is 5.82 Å². The Morgan fingerprint density at radius 2 is 1.66 bits per heavy atom. The molecule has 0 atom stereocenters. The maximum Gasteiger partial charge on any atom is 0.156 e. The second-order valence-electron chi connectivity index (χ2n) is 10.6. The molecule has 2 aromatic heterocycles. The number of fused-ring (bicyclic) bond motifs is 2. The zero-order valence-electron chi connectivity index (χ0n) is 24.3. The Hall–Kier alpha value is -4.34. The summed E-state index contributed by atoms with van der Waals surface area (Å²) in [5.74, 6) is 0.766. The summed E-state index contributed by atoms with van der Waals surface area (Å²) in [6.07, 6.45) is 3.17. The largest absolute Gasteiger partial charge is 0.233 e. The van der Waals surface area contributed by atoms with Gasteiger partial charge in [0, 0.05) is 32.5 Å². The fourth-order valence-corrected chi connectivity index (χ4v) is 6.56. The molecule has 0 aliphatic heterocycles. The highest BCUT2D eigenvalue weighted by molar-refractivity contribution is 7.17. The molecule has 0 amide bonds. The SMILES string of the molecule is C/C=c1/cccc/c1=C(/C(C)=N/c1nc(-c2ccc(C)c(CC)c2)c2ccccc2c1C)c1ccc2sccc2c1. The molecule has 41 heavy (non-hydrogen) atoms. The fraction of sp³-hybridized carbons (Fsp3) is 0.158. The van der Waals surface area contributed by atoms with Gasteiger partial charge in [-0.1, -0.05) is 79.7 Å². The van der Waals surface area contributed by atoms with Crippen LogP contribution in [0.25, 0.3) is 43.8 Å². The highest BCUT2D eigenvalue weighted by Crippen LogP contribution is 2.35. The average Bonchev–Trinajstić information content (AvgIpc) is 3.47. The van der Waals surface area contributed by atoms with E-state index in [2.05, 4.69) is 137 Å². The molecule has 202 valence electrons. The number of thiophene rings is 1. The Bertz CT molecular complexity index is 2080. The van der Waals surface area contributed by atoms with Crippen molar-refractivity contribution >= 4 is 55.4 Å². The Labute approximate surface area is 246 Å². The second kappa shape index (κ2) is 11.3. The lowest BCUT2D eigenvalue weighted by atomic mass is 9.96. The van der Waals surface area contributed by atoms with Crippen molar-refractivity contribution in [2.24, 2.45) is 4.99 Å². The number of aliphatic imine (C=N–C) groups is 1. The van der Waals surface area contributed by atoms with E-state index in [1.165, 1.54) is 37.0 Å². The molecule has 3 heteroatoms. The smallest absolute Gasteiger partial charge is 0.156 e. The van der Waals surface area contributed by atoms with Crippen LogP contribution < -0.4 is 10.4 Å². The molecule has 4 aromatic carbocycles. The van der Waals surface area contributed by atoms with E-state index in [0.29, 0.717) is 0 Å². The first-order valence-electron chi connectivity index (χ1n) is 14.3. The Kier molecular flexibility index (Phi) is 7.38. The van der Waals surface area contributed by atoms with Gasteiger partial charge in [0.2, 0.25) is 0 Å². The van der Waals surface area contributed by atoms with Gasteiger partial charge in [-0.25, -0.2) is 9.98 Å². The van der Waals surface area contributed by atoms with Gasteiger partial charge in [-0.3, -0.25) is 0 Å². The van der Waals surface area contributed by atoms with Crippen LogP contribution in [0.1, 0.15) is 43.0 Å². The summed E-state index contributed by atoms with van der Waals surface area (Å²) in [6.45, 7) is 10.7. The van der Waals surface area contributed by atoms with Crippen molar-refractivity contribution in [3.05, 3.63) is 129 Å². The van der Waals surface area contributed by atoms with E-state index in [9.17, 15) is 0 Å². The first kappa shape index (κ1) is 26.9. The molecule has 6 rings (SSSR count). The molecular weight excluding hydrogens is 516 g/mol. The third-order valence-corrected chi connectivity index (χ3v) is 8.96. The van der Waals surface area contributed by atoms with E-state index in [4.69, 9.17) is 9.98 Å². The summed E-state index contributed by atoms with van der Waals surface area (Å²) in [6, 6.07) is 32.8. The van der Waals surface area contributed by atoms with Crippen LogP contribution >= 0.6 is 11.3 Å². The van der Waals surface area contributed by atoms with Gasteiger partial charge in [-0.2, -0.15) is 0 Å². The summed E-state index contributed by atoms with van der Waals surface area (Å²) in [7, 11) is 0. The third kappa shape index (κ3) is 5.03. The van der Waals surface area contributed by atoms with Crippen molar-refractivity contribution in [3.8, 4) is 11.3 Å². The summed E-state index contributed by atoms with van der Waals surface area (Å²) in [5.41, 5.74) is 9.12. The van der Waals surface area contributed by atoms with E-state index in [-0.39, 0.29) is 0 Å². The quantitative estimate of drug-likeness (QED) is 0.197. The number of aryl methyl sites for hydroxylation is 3. The van der Waals surface area contributed by atoms with Gasteiger partial charge in [0.15, 0.2) is 5.82 Å². The molecule has 0 saturated heterocycles. The number of nitrogens with zero attached hydrogens (tertiary/aromatic N) is 2. The van der Waals surface area contributed by atoms with Crippen LogP contribution in [0, 0.1) is 13.8 Å². The lowest BCUT2D eigenvalue weighted by Crippen LogP contribution is -2.28. The van der Waals surface area contributed by atoms with E-state index in [1.807, 2.05) is 0 Å². The minimum absolute atomic E-state index is 0.766. The topological polar surface area (TPSA) is 25.2 Å². The number of rotatable bonds is 5. The van der Waals surface area contributed by atoms with Gasteiger partial charge in [0.1, 0.15) is 0 Å². The third-order valence-electron chi connectivity index (χ3n) is 8.06. The Morgan fingerprint density at radius 1 is 0.878 bits per heavy atom. The van der Waals surface area contributed by atoms with E-state index in [1.54, 1.807) is 11.3 Å². The highest BCUT2D eigenvalue weighted by Gasteiger charge is 2.15. The monoisotopic (exact) mass is 550 g/mol. The normalized spacial score (nSPS) is 13.3. The molecule has 2 nitrogen and oxygen atoms in total. The molecule has 0 bridgehead atoms. The molecule has 0 aliphatic rings. The molecule has 2 heterocycles. The highest BCUT2D eigenvalue weighted by atomic mass is 32.1. The Balaban J connectivity index is 1.63. The maximum absolute atomic E-state index is 5.31. The molecule has 0 spiro atoms. The van der Waals surface area contributed by atoms with Crippen LogP contribution in [-0.4, -0.2) is 10.7 Å². The standard InChI is InChI=1S/C38H34N2S/c1-6-27-12-8-9-14-33(27)36(30-18-19-35-29(23-30)20-21-41-35)26(5)39-38-25(4)32-13-10-11-15-34(32)37(40-38)31-17-16-24(3)28(7-2)22-31/h6,8-23H,7H2,1-5H3/b27-6-,36-33+,39-26+.